The zero-order valence-corrected chi connectivity index (χ0v) is 9.26. The van der Waals surface area contributed by atoms with Gasteiger partial charge in [-0.15, -0.1) is 0 Å². The van der Waals surface area contributed by atoms with Gasteiger partial charge in [-0.2, -0.15) is 10.4 Å². The molecule has 86 valence electrons. The van der Waals surface area contributed by atoms with E-state index < -0.39 is 11.5 Å². The summed E-state index contributed by atoms with van der Waals surface area (Å²) in [7, 11) is 1.78. The summed E-state index contributed by atoms with van der Waals surface area (Å²) in [5.74, 6) is 0. The Morgan fingerprint density at radius 3 is 3.06 bits per heavy atom. The lowest BCUT2D eigenvalue weighted by Gasteiger charge is -2.34. The summed E-state index contributed by atoms with van der Waals surface area (Å²) in [5, 5.41) is 23.5. The van der Waals surface area contributed by atoms with Gasteiger partial charge in [-0.1, -0.05) is 0 Å². The first-order valence-corrected chi connectivity index (χ1v) is 5.33. The highest BCUT2D eigenvalue weighted by molar-refractivity contribution is 5.18. The van der Waals surface area contributed by atoms with Crippen LogP contribution in [-0.2, 0) is 11.8 Å². The van der Waals surface area contributed by atoms with Crippen molar-refractivity contribution in [3.63, 3.8) is 0 Å². The number of nitriles is 1. The minimum absolute atomic E-state index is 0.291. The molecule has 0 saturated carbocycles. The second-order valence-corrected chi connectivity index (χ2v) is 4.27. The maximum atomic E-state index is 10.3. The molecule has 0 aliphatic carbocycles. The molecule has 2 rings (SSSR count). The summed E-state index contributed by atoms with van der Waals surface area (Å²) in [4.78, 5) is 0. The predicted molar refractivity (Wildman–Crippen MR) is 56.3 cm³/mol. The zero-order valence-electron chi connectivity index (χ0n) is 9.26. The molecule has 0 bridgehead atoms. The number of nitrogens with zero attached hydrogens (tertiary/aromatic N) is 3. The van der Waals surface area contributed by atoms with Gasteiger partial charge < -0.3 is 9.84 Å². The average molecular weight is 221 g/mol. The fraction of sp³-hybridized carbons (Fsp3) is 0.636. The molecule has 16 heavy (non-hydrogen) atoms. The lowest BCUT2D eigenvalue weighted by Crippen LogP contribution is -2.36. The Labute approximate surface area is 94.3 Å². The highest BCUT2D eigenvalue weighted by Gasteiger charge is 2.41. The van der Waals surface area contributed by atoms with Crippen molar-refractivity contribution in [1.82, 2.24) is 9.78 Å². The number of aromatic nitrogens is 2. The lowest BCUT2D eigenvalue weighted by atomic mass is 9.77. The number of aliphatic hydroxyl groups is 1. The molecule has 1 aliphatic heterocycles. The van der Waals surface area contributed by atoms with Gasteiger partial charge in [0.2, 0.25) is 0 Å². The van der Waals surface area contributed by atoms with Crippen LogP contribution >= 0.6 is 0 Å². The van der Waals surface area contributed by atoms with Crippen molar-refractivity contribution in [3.05, 3.63) is 18.0 Å². The first-order valence-electron chi connectivity index (χ1n) is 5.33. The summed E-state index contributed by atoms with van der Waals surface area (Å²) in [6, 6.07) is 2.21. The number of aliphatic hydroxyl groups excluding tert-OH is 1. The van der Waals surface area contributed by atoms with Crippen molar-refractivity contribution >= 4 is 0 Å². The van der Waals surface area contributed by atoms with E-state index in [1.165, 1.54) is 0 Å². The molecule has 1 aromatic rings. The number of ether oxygens (including phenoxy) is 1. The maximum absolute atomic E-state index is 10.3. The van der Waals surface area contributed by atoms with Gasteiger partial charge in [0, 0.05) is 25.4 Å². The molecular weight excluding hydrogens is 206 g/mol. The molecule has 0 spiro atoms. The van der Waals surface area contributed by atoms with Crippen molar-refractivity contribution in [3.8, 4) is 6.07 Å². The fourth-order valence-electron chi connectivity index (χ4n) is 2.08. The van der Waals surface area contributed by atoms with Crippen LogP contribution in [0.25, 0.3) is 0 Å². The predicted octanol–water partition coefficient (Wildman–Crippen LogP) is 0.774. The molecule has 0 radical (unpaired) electrons. The van der Waals surface area contributed by atoms with E-state index in [-0.39, 0.29) is 0 Å². The Balaban J connectivity index is 2.24. The normalized spacial score (nSPS) is 27.3. The summed E-state index contributed by atoms with van der Waals surface area (Å²) in [6.07, 6.45) is 3.98. The third-order valence-electron chi connectivity index (χ3n) is 3.06. The standard InChI is InChI=1S/C11H15N3O2/c1-14-6-9(5-13-14)10(15)11(7-12)3-2-4-16-8-11/h5-6,10,15H,2-4,8H2,1H3. The SMILES string of the molecule is Cn1cc(C(O)C2(C#N)CCCOC2)cn1. The van der Waals surface area contributed by atoms with E-state index in [0.29, 0.717) is 25.2 Å². The quantitative estimate of drug-likeness (QED) is 0.800. The van der Waals surface area contributed by atoms with Gasteiger partial charge in [-0.3, -0.25) is 4.68 Å². The molecule has 0 amide bonds. The molecule has 2 heterocycles. The van der Waals surface area contributed by atoms with E-state index in [0.717, 1.165) is 6.42 Å². The minimum Gasteiger partial charge on any atom is -0.387 e. The largest absolute Gasteiger partial charge is 0.387 e. The molecule has 5 heteroatoms. The molecular formula is C11H15N3O2. The van der Waals surface area contributed by atoms with Crippen molar-refractivity contribution in [1.29, 1.82) is 5.26 Å². The summed E-state index contributed by atoms with van der Waals surface area (Å²) in [5.41, 5.74) is -0.143. The van der Waals surface area contributed by atoms with Crippen LogP contribution in [0.5, 0.6) is 0 Å². The Hall–Kier alpha value is -1.38. The van der Waals surface area contributed by atoms with Gasteiger partial charge in [0.15, 0.2) is 0 Å². The first kappa shape index (κ1) is 11.1. The van der Waals surface area contributed by atoms with Crippen LogP contribution in [0.15, 0.2) is 12.4 Å². The molecule has 2 atom stereocenters. The molecule has 2 unspecified atom stereocenters. The maximum Gasteiger partial charge on any atom is 0.111 e. The van der Waals surface area contributed by atoms with E-state index in [4.69, 9.17) is 4.74 Å². The number of aryl methyl sites for hydroxylation is 1. The monoisotopic (exact) mass is 221 g/mol. The van der Waals surface area contributed by atoms with E-state index in [9.17, 15) is 10.4 Å². The molecule has 0 aromatic carbocycles. The van der Waals surface area contributed by atoms with Crippen molar-refractivity contribution in [2.75, 3.05) is 13.2 Å². The van der Waals surface area contributed by atoms with Crippen molar-refractivity contribution in [2.24, 2.45) is 12.5 Å². The van der Waals surface area contributed by atoms with E-state index >= 15 is 0 Å². The third-order valence-corrected chi connectivity index (χ3v) is 3.06. The molecule has 1 aliphatic rings. The van der Waals surface area contributed by atoms with Crippen LogP contribution in [0.4, 0.5) is 0 Å². The summed E-state index contributed by atoms with van der Waals surface area (Å²) in [6.45, 7) is 0.961. The van der Waals surface area contributed by atoms with Crippen LogP contribution in [0, 0.1) is 16.7 Å². The van der Waals surface area contributed by atoms with Gasteiger partial charge in [0.05, 0.1) is 18.9 Å². The van der Waals surface area contributed by atoms with E-state index in [1.807, 2.05) is 0 Å². The van der Waals surface area contributed by atoms with E-state index in [2.05, 4.69) is 11.2 Å². The topological polar surface area (TPSA) is 71.1 Å². The lowest BCUT2D eigenvalue weighted by molar-refractivity contribution is -0.0506. The zero-order chi connectivity index (χ0) is 11.6. The summed E-state index contributed by atoms with van der Waals surface area (Å²) >= 11 is 0. The highest BCUT2D eigenvalue weighted by atomic mass is 16.5. The fourth-order valence-corrected chi connectivity index (χ4v) is 2.08. The molecule has 1 fully saturated rings. The van der Waals surface area contributed by atoms with Crippen LogP contribution in [0.3, 0.4) is 0 Å². The highest BCUT2D eigenvalue weighted by Crippen LogP contribution is 2.40. The smallest absolute Gasteiger partial charge is 0.111 e. The summed E-state index contributed by atoms with van der Waals surface area (Å²) < 4.78 is 6.93. The van der Waals surface area contributed by atoms with Crippen molar-refractivity contribution in [2.45, 2.75) is 18.9 Å². The number of hydrogen-bond acceptors (Lipinski definition) is 4. The van der Waals surface area contributed by atoms with Crippen LogP contribution in [0.1, 0.15) is 24.5 Å². The van der Waals surface area contributed by atoms with Crippen molar-refractivity contribution < 1.29 is 9.84 Å². The van der Waals surface area contributed by atoms with Gasteiger partial charge in [0.25, 0.3) is 0 Å². The molecule has 1 N–H and O–H groups in total. The first-order chi connectivity index (χ1) is 7.68. The Morgan fingerprint density at radius 2 is 2.56 bits per heavy atom. The van der Waals surface area contributed by atoms with Gasteiger partial charge in [-0.05, 0) is 12.8 Å². The van der Waals surface area contributed by atoms with Crippen LogP contribution in [-0.4, -0.2) is 28.1 Å². The molecule has 5 nitrogen and oxygen atoms in total. The average Bonchev–Trinajstić information content (AvgIpc) is 2.76. The third kappa shape index (κ3) is 1.82. The Bertz CT molecular complexity index is 402. The second-order valence-electron chi connectivity index (χ2n) is 4.27. The Kier molecular flexibility index (Phi) is 2.95. The molecule has 1 saturated heterocycles. The van der Waals surface area contributed by atoms with Gasteiger partial charge in [0.1, 0.15) is 11.5 Å². The Morgan fingerprint density at radius 1 is 1.75 bits per heavy atom. The minimum atomic E-state index is -0.827. The second kappa shape index (κ2) is 4.24. The van der Waals surface area contributed by atoms with Crippen LogP contribution < -0.4 is 0 Å². The van der Waals surface area contributed by atoms with Gasteiger partial charge >= 0.3 is 0 Å². The van der Waals surface area contributed by atoms with E-state index in [1.54, 1.807) is 24.1 Å². The van der Waals surface area contributed by atoms with Crippen LogP contribution in [0.2, 0.25) is 0 Å². The number of hydrogen-bond donors (Lipinski definition) is 1. The number of rotatable bonds is 2. The molecule has 1 aromatic heterocycles. The van der Waals surface area contributed by atoms with Gasteiger partial charge in [-0.25, -0.2) is 0 Å².